The number of benzene rings is 1. The van der Waals surface area contributed by atoms with Crippen LogP contribution < -0.4 is 11.1 Å². The molecule has 6 heteroatoms. The van der Waals surface area contributed by atoms with Crippen LogP contribution in [0, 0.1) is 11.7 Å². The molecule has 0 aromatic heterocycles. The Kier molecular flexibility index (Phi) is 5.38. The molecular weight excluding hydrogens is 278 g/mol. The third-order valence-electron chi connectivity index (χ3n) is 2.91. The summed E-state index contributed by atoms with van der Waals surface area (Å²) in [5.41, 5.74) is 6.11. The predicted octanol–water partition coefficient (Wildman–Crippen LogP) is 2.37. The highest BCUT2D eigenvalue weighted by atomic mass is 35.5. The maximum absolute atomic E-state index is 13.1. The molecule has 0 radical (unpaired) electrons. The van der Waals surface area contributed by atoms with Crippen molar-refractivity contribution in [1.29, 1.82) is 0 Å². The third-order valence-corrected chi connectivity index (χ3v) is 3.21. The van der Waals surface area contributed by atoms with E-state index in [1.165, 1.54) is 12.1 Å². The standard InChI is InChI=1S/C12H14ClFN2O.ClH/c13-9-4-3-8(5-10(9)14)12(17)16-6-11(15)7-1-2-7;/h3-5,7,11H,1-2,6,15H2,(H,16,17);1H. The van der Waals surface area contributed by atoms with Crippen molar-refractivity contribution in [2.45, 2.75) is 18.9 Å². The first kappa shape index (κ1) is 15.2. The van der Waals surface area contributed by atoms with E-state index in [0.717, 1.165) is 18.9 Å². The topological polar surface area (TPSA) is 55.1 Å². The van der Waals surface area contributed by atoms with Crippen molar-refractivity contribution in [2.75, 3.05) is 6.54 Å². The quantitative estimate of drug-likeness (QED) is 0.895. The van der Waals surface area contributed by atoms with Crippen molar-refractivity contribution in [3.63, 3.8) is 0 Å². The number of nitrogens with one attached hydrogen (secondary N) is 1. The minimum atomic E-state index is -0.592. The van der Waals surface area contributed by atoms with Crippen LogP contribution in [-0.2, 0) is 0 Å². The predicted molar refractivity (Wildman–Crippen MR) is 71.7 cm³/mol. The van der Waals surface area contributed by atoms with Crippen molar-refractivity contribution < 1.29 is 9.18 Å². The fourth-order valence-electron chi connectivity index (χ4n) is 1.64. The summed E-state index contributed by atoms with van der Waals surface area (Å²) < 4.78 is 13.1. The number of nitrogens with two attached hydrogens (primary N) is 1. The Morgan fingerprint density at radius 3 is 2.78 bits per heavy atom. The largest absolute Gasteiger partial charge is 0.350 e. The second kappa shape index (κ2) is 6.36. The smallest absolute Gasteiger partial charge is 0.251 e. The number of carbonyl (C=O) groups excluding carboxylic acids is 1. The summed E-state index contributed by atoms with van der Waals surface area (Å²) in [4.78, 5) is 11.7. The van der Waals surface area contributed by atoms with E-state index in [2.05, 4.69) is 5.32 Å². The molecule has 0 aliphatic heterocycles. The zero-order chi connectivity index (χ0) is 12.4. The normalized spacial score (nSPS) is 15.7. The van der Waals surface area contributed by atoms with Gasteiger partial charge in [0, 0.05) is 18.2 Å². The lowest BCUT2D eigenvalue weighted by Gasteiger charge is -2.11. The highest BCUT2D eigenvalue weighted by molar-refractivity contribution is 6.30. The Bertz CT molecular complexity index is 438. The molecule has 1 aliphatic carbocycles. The van der Waals surface area contributed by atoms with E-state index in [9.17, 15) is 9.18 Å². The first-order valence-electron chi connectivity index (χ1n) is 5.57. The van der Waals surface area contributed by atoms with Gasteiger partial charge in [0.25, 0.3) is 5.91 Å². The molecule has 1 aromatic rings. The van der Waals surface area contributed by atoms with Gasteiger partial charge in [-0.05, 0) is 37.0 Å². The van der Waals surface area contributed by atoms with Gasteiger partial charge < -0.3 is 11.1 Å². The zero-order valence-corrected chi connectivity index (χ0v) is 11.2. The van der Waals surface area contributed by atoms with Gasteiger partial charge in [-0.2, -0.15) is 0 Å². The summed E-state index contributed by atoms with van der Waals surface area (Å²) >= 11 is 5.54. The molecule has 1 atom stereocenters. The summed E-state index contributed by atoms with van der Waals surface area (Å²) in [6.45, 7) is 0.424. The number of carbonyl (C=O) groups is 1. The van der Waals surface area contributed by atoms with Crippen LogP contribution in [0.1, 0.15) is 23.2 Å². The Hall–Kier alpha value is -0.840. The van der Waals surface area contributed by atoms with Gasteiger partial charge in [-0.25, -0.2) is 4.39 Å². The summed E-state index contributed by atoms with van der Waals surface area (Å²) in [7, 11) is 0. The number of halogens is 3. The molecule has 0 bridgehead atoms. The lowest BCUT2D eigenvalue weighted by atomic mass is 10.1. The lowest BCUT2D eigenvalue weighted by molar-refractivity contribution is 0.0950. The van der Waals surface area contributed by atoms with E-state index in [-0.39, 0.29) is 34.9 Å². The van der Waals surface area contributed by atoms with Gasteiger partial charge in [0.15, 0.2) is 0 Å². The highest BCUT2D eigenvalue weighted by Crippen LogP contribution is 2.31. The van der Waals surface area contributed by atoms with Crippen LogP contribution in [0.5, 0.6) is 0 Å². The summed E-state index contributed by atoms with van der Waals surface area (Å²) in [6, 6.07) is 3.98. The molecule has 2 rings (SSSR count). The fraction of sp³-hybridized carbons (Fsp3) is 0.417. The summed E-state index contributed by atoms with van der Waals surface area (Å²) in [5, 5.41) is 2.70. The molecule has 100 valence electrons. The number of rotatable bonds is 4. The highest BCUT2D eigenvalue weighted by Gasteiger charge is 2.28. The van der Waals surface area contributed by atoms with E-state index in [4.69, 9.17) is 17.3 Å². The maximum Gasteiger partial charge on any atom is 0.251 e. The van der Waals surface area contributed by atoms with Gasteiger partial charge in [-0.1, -0.05) is 11.6 Å². The first-order chi connectivity index (χ1) is 8.08. The third kappa shape index (κ3) is 3.83. The minimum absolute atomic E-state index is 0. The second-order valence-corrected chi connectivity index (χ2v) is 4.75. The molecular formula is C12H15Cl2FN2O. The molecule has 18 heavy (non-hydrogen) atoms. The molecule has 1 unspecified atom stereocenters. The fourth-order valence-corrected chi connectivity index (χ4v) is 1.76. The maximum atomic E-state index is 13.1. The molecule has 1 aliphatic rings. The summed E-state index contributed by atoms with van der Waals surface area (Å²) in [6.07, 6.45) is 2.26. The van der Waals surface area contributed by atoms with Crippen molar-refractivity contribution in [1.82, 2.24) is 5.32 Å². The van der Waals surface area contributed by atoms with E-state index in [1.54, 1.807) is 0 Å². The summed E-state index contributed by atoms with van der Waals surface area (Å²) in [5.74, 6) is -0.389. The van der Waals surface area contributed by atoms with Gasteiger partial charge in [-0.3, -0.25) is 4.79 Å². The molecule has 1 aromatic carbocycles. The van der Waals surface area contributed by atoms with Crippen LogP contribution in [0.4, 0.5) is 4.39 Å². The van der Waals surface area contributed by atoms with E-state index >= 15 is 0 Å². The molecule has 1 amide bonds. The average molecular weight is 293 g/mol. The number of hydrogen-bond donors (Lipinski definition) is 2. The SMILES string of the molecule is Cl.NC(CNC(=O)c1ccc(Cl)c(F)c1)C1CC1. The molecule has 0 heterocycles. The Labute approximate surface area is 116 Å². The monoisotopic (exact) mass is 292 g/mol. The average Bonchev–Trinajstić information content (AvgIpc) is 3.13. The Morgan fingerprint density at radius 1 is 1.56 bits per heavy atom. The van der Waals surface area contributed by atoms with Gasteiger partial charge in [-0.15, -0.1) is 12.4 Å². The zero-order valence-electron chi connectivity index (χ0n) is 9.66. The van der Waals surface area contributed by atoms with Crippen LogP contribution in [0.2, 0.25) is 5.02 Å². The van der Waals surface area contributed by atoms with Crippen LogP contribution in [0.15, 0.2) is 18.2 Å². The van der Waals surface area contributed by atoms with Crippen LogP contribution in [0.25, 0.3) is 0 Å². The first-order valence-corrected chi connectivity index (χ1v) is 5.94. The molecule has 0 saturated heterocycles. The lowest BCUT2D eigenvalue weighted by Crippen LogP contribution is -2.38. The Morgan fingerprint density at radius 2 is 2.22 bits per heavy atom. The molecule has 3 N–H and O–H groups in total. The van der Waals surface area contributed by atoms with Crippen molar-refractivity contribution in [3.8, 4) is 0 Å². The van der Waals surface area contributed by atoms with E-state index < -0.39 is 5.82 Å². The van der Waals surface area contributed by atoms with Gasteiger partial charge >= 0.3 is 0 Å². The van der Waals surface area contributed by atoms with E-state index in [0.29, 0.717) is 12.5 Å². The minimum Gasteiger partial charge on any atom is -0.350 e. The van der Waals surface area contributed by atoms with Gasteiger partial charge in [0.2, 0.25) is 0 Å². The van der Waals surface area contributed by atoms with Crippen molar-refractivity contribution >= 4 is 29.9 Å². The second-order valence-electron chi connectivity index (χ2n) is 4.34. The van der Waals surface area contributed by atoms with Gasteiger partial charge in [0.05, 0.1) is 5.02 Å². The number of amides is 1. The molecule has 0 spiro atoms. The van der Waals surface area contributed by atoms with Crippen molar-refractivity contribution in [3.05, 3.63) is 34.6 Å². The molecule has 1 fully saturated rings. The van der Waals surface area contributed by atoms with Crippen LogP contribution >= 0.6 is 24.0 Å². The van der Waals surface area contributed by atoms with Crippen LogP contribution in [0.3, 0.4) is 0 Å². The molecule has 1 saturated carbocycles. The van der Waals surface area contributed by atoms with E-state index in [1.807, 2.05) is 0 Å². The Balaban J connectivity index is 0.00000162. The van der Waals surface area contributed by atoms with Gasteiger partial charge in [0.1, 0.15) is 5.82 Å². The molecule has 3 nitrogen and oxygen atoms in total. The number of hydrogen-bond acceptors (Lipinski definition) is 2. The van der Waals surface area contributed by atoms with Crippen molar-refractivity contribution in [2.24, 2.45) is 11.7 Å². The van der Waals surface area contributed by atoms with Crippen LogP contribution in [-0.4, -0.2) is 18.5 Å².